The minimum Gasteiger partial charge on any atom is -0.377 e. The minimum atomic E-state index is -3.33. The fourth-order valence-electron chi connectivity index (χ4n) is 2.86. The van der Waals surface area contributed by atoms with Gasteiger partial charge < -0.3 is 15.4 Å². The van der Waals surface area contributed by atoms with Crippen molar-refractivity contribution >= 4 is 40.0 Å². The SMILES string of the molecule is CCCCCC(C)NC(=NCCS(=O)(=O)NCC1CCCCO1)NCC.I. The summed E-state index contributed by atoms with van der Waals surface area (Å²) in [4.78, 5) is 4.41. The monoisotopic (exact) mass is 518 g/mol. The molecule has 9 heteroatoms. The number of halogens is 1. The molecule has 2 unspecified atom stereocenters. The molecule has 0 aromatic rings. The van der Waals surface area contributed by atoms with E-state index in [4.69, 9.17) is 4.74 Å². The van der Waals surface area contributed by atoms with Gasteiger partial charge in [0.1, 0.15) is 0 Å². The zero-order valence-electron chi connectivity index (χ0n) is 17.1. The first kappa shape index (κ1) is 26.9. The lowest BCUT2D eigenvalue weighted by Gasteiger charge is -2.22. The molecule has 1 saturated heterocycles. The van der Waals surface area contributed by atoms with Crippen LogP contribution in [0.1, 0.15) is 65.7 Å². The number of nitrogens with one attached hydrogen (secondary N) is 3. The van der Waals surface area contributed by atoms with Crippen LogP contribution in [0.5, 0.6) is 0 Å². The summed E-state index contributed by atoms with van der Waals surface area (Å²) >= 11 is 0. The van der Waals surface area contributed by atoms with Crippen molar-refractivity contribution in [1.82, 2.24) is 15.4 Å². The Hall–Kier alpha value is -0.130. The summed E-state index contributed by atoms with van der Waals surface area (Å²) in [5.74, 6) is 0.669. The van der Waals surface area contributed by atoms with Gasteiger partial charge >= 0.3 is 0 Å². The van der Waals surface area contributed by atoms with Gasteiger partial charge in [-0.25, -0.2) is 13.1 Å². The van der Waals surface area contributed by atoms with Gasteiger partial charge in [0.15, 0.2) is 5.96 Å². The quantitative estimate of drug-likeness (QED) is 0.160. The molecule has 0 saturated carbocycles. The Kier molecular flexibility index (Phi) is 15.7. The Morgan fingerprint density at radius 1 is 1.26 bits per heavy atom. The number of aliphatic imine (C=N–C) groups is 1. The van der Waals surface area contributed by atoms with Crippen molar-refractivity contribution in [1.29, 1.82) is 0 Å². The third-order valence-corrected chi connectivity index (χ3v) is 5.73. The zero-order chi connectivity index (χ0) is 19.3. The van der Waals surface area contributed by atoms with E-state index in [0.29, 0.717) is 18.5 Å². The Bertz CT molecular complexity index is 497. The number of nitrogens with zero attached hydrogens (tertiary/aromatic N) is 1. The maximum atomic E-state index is 12.1. The standard InChI is InChI=1S/C18H38N4O3S.HI/c1-4-6-7-10-16(3)22-18(19-5-2)20-12-14-26(23,24)21-15-17-11-8-9-13-25-17;/h16-17,21H,4-15H2,1-3H3,(H2,19,20,22);1H. The summed E-state index contributed by atoms with van der Waals surface area (Å²) in [5.41, 5.74) is 0. The molecular formula is C18H39IN4O3S. The van der Waals surface area contributed by atoms with E-state index in [1.54, 1.807) is 0 Å². The fourth-order valence-corrected chi connectivity index (χ4v) is 3.78. The van der Waals surface area contributed by atoms with Crippen molar-refractivity contribution in [2.75, 3.05) is 32.0 Å². The number of rotatable bonds is 12. The predicted molar refractivity (Wildman–Crippen MR) is 124 cm³/mol. The Labute approximate surface area is 183 Å². The van der Waals surface area contributed by atoms with Gasteiger partial charge in [-0.1, -0.05) is 26.2 Å². The normalized spacial score (nSPS) is 19.2. The van der Waals surface area contributed by atoms with Crippen LogP contribution < -0.4 is 15.4 Å². The first-order chi connectivity index (χ1) is 12.5. The second-order valence-electron chi connectivity index (χ2n) is 6.96. The van der Waals surface area contributed by atoms with Gasteiger partial charge in [-0.15, -0.1) is 24.0 Å². The van der Waals surface area contributed by atoms with Crippen molar-refractivity contribution in [3.8, 4) is 0 Å². The predicted octanol–water partition coefficient (Wildman–Crippen LogP) is 2.62. The van der Waals surface area contributed by atoms with Gasteiger partial charge in [-0.2, -0.15) is 0 Å². The van der Waals surface area contributed by atoms with Crippen LogP contribution in [0.25, 0.3) is 0 Å². The van der Waals surface area contributed by atoms with Gasteiger partial charge in [-0.05, 0) is 39.5 Å². The lowest BCUT2D eigenvalue weighted by molar-refractivity contribution is 0.0200. The van der Waals surface area contributed by atoms with Gasteiger partial charge in [0, 0.05) is 25.7 Å². The maximum Gasteiger partial charge on any atom is 0.213 e. The largest absolute Gasteiger partial charge is 0.377 e. The van der Waals surface area contributed by atoms with Crippen LogP contribution in [0.2, 0.25) is 0 Å². The van der Waals surface area contributed by atoms with E-state index in [-0.39, 0.29) is 42.4 Å². The van der Waals surface area contributed by atoms with Crippen LogP contribution in [0.4, 0.5) is 0 Å². The summed E-state index contributed by atoms with van der Waals surface area (Å²) in [5, 5.41) is 6.53. The molecule has 0 spiro atoms. The molecule has 27 heavy (non-hydrogen) atoms. The molecule has 1 fully saturated rings. The van der Waals surface area contributed by atoms with Crippen molar-refractivity contribution in [3.63, 3.8) is 0 Å². The smallest absolute Gasteiger partial charge is 0.213 e. The lowest BCUT2D eigenvalue weighted by atomic mass is 10.1. The number of hydrogen-bond donors (Lipinski definition) is 3. The third kappa shape index (κ3) is 13.6. The van der Waals surface area contributed by atoms with Crippen molar-refractivity contribution in [3.05, 3.63) is 0 Å². The zero-order valence-corrected chi connectivity index (χ0v) is 20.3. The van der Waals surface area contributed by atoms with E-state index in [0.717, 1.165) is 38.8 Å². The molecule has 1 rings (SSSR count). The second kappa shape index (κ2) is 15.8. The van der Waals surface area contributed by atoms with E-state index in [9.17, 15) is 8.42 Å². The third-order valence-electron chi connectivity index (χ3n) is 4.40. The van der Waals surface area contributed by atoms with Crippen molar-refractivity contribution in [2.45, 2.75) is 77.9 Å². The number of sulfonamides is 1. The van der Waals surface area contributed by atoms with Crippen molar-refractivity contribution < 1.29 is 13.2 Å². The van der Waals surface area contributed by atoms with Crippen LogP contribution in [0.3, 0.4) is 0 Å². The Morgan fingerprint density at radius 3 is 2.67 bits per heavy atom. The van der Waals surface area contributed by atoms with Crippen LogP contribution >= 0.6 is 24.0 Å². The van der Waals surface area contributed by atoms with Gasteiger partial charge in [0.2, 0.25) is 10.0 Å². The second-order valence-corrected chi connectivity index (χ2v) is 8.88. The highest BCUT2D eigenvalue weighted by Crippen LogP contribution is 2.11. The summed E-state index contributed by atoms with van der Waals surface area (Å²) in [7, 11) is -3.33. The first-order valence-electron chi connectivity index (χ1n) is 10.1. The Morgan fingerprint density at radius 2 is 2.04 bits per heavy atom. The molecule has 0 radical (unpaired) electrons. The van der Waals surface area contributed by atoms with Gasteiger partial charge in [0.05, 0.1) is 18.4 Å². The number of guanidine groups is 1. The van der Waals surface area contributed by atoms with Crippen LogP contribution in [0, 0.1) is 0 Å². The van der Waals surface area contributed by atoms with Crippen LogP contribution in [-0.2, 0) is 14.8 Å². The molecule has 0 amide bonds. The first-order valence-corrected chi connectivity index (χ1v) is 11.8. The topological polar surface area (TPSA) is 91.8 Å². The molecule has 1 aliphatic heterocycles. The maximum absolute atomic E-state index is 12.1. The molecule has 162 valence electrons. The molecule has 2 atom stereocenters. The average Bonchev–Trinajstić information content (AvgIpc) is 2.61. The molecule has 1 aliphatic rings. The molecule has 1 heterocycles. The van der Waals surface area contributed by atoms with Crippen molar-refractivity contribution in [2.24, 2.45) is 4.99 Å². The van der Waals surface area contributed by atoms with E-state index in [1.807, 2.05) is 6.92 Å². The van der Waals surface area contributed by atoms with E-state index in [1.165, 1.54) is 19.3 Å². The molecule has 0 aromatic heterocycles. The van der Waals surface area contributed by atoms with Gasteiger partial charge in [-0.3, -0.25) is 4.99 Å². The fraction of sp³-hybridized carbons (Fsp3) is 0.944. The molecule has 0 aliphatic carbocycles. The average molecular weight is 519 g/mol. The molecular weight excluding hydrogens is 479 g/mol. The molecule has 3 N–H and O–H groups in total. The molecule has 7 nitrogen and oxygen atoms in total. The van der Waals surface area contributed by atoms with Gasteiger partial charge in [0.25, 0.3) is 0 Å². The number of unbranched alkanes of at least 4 members (excludes halogenated alkanes) is 2. The van der Waals surface area contributed by atoms with Crippen LogP contribution in [-0.4, -0.2) is 58.5 Å². The number of hydrogen-bond acceptors (Lipinski definition) is 4. The van der Waals surface area contributed by atoms with E-state index in [2.05, 4.69) is 34.2 Å². The summed E-state index contributed by atoms with van der Waals surface area (Å²) in [6, 6.07) is 0.317. The summed E-state index contributed by atoms with van der Waals surface area (Å²) in [6.07, 6.45) is 7.80. The molecule has 0 aromatic carbocycles. The highest BCUT2D eigenvalue weighted by Gasteiger charge is 2.17. The molecule has 0 bridgehead atoms. The van der Waals surface area contributed by atoms with Crippen LogP contribution in [0.15, 0.2) is 4.99 Å². The lowest BCUT2D eigenvalue weighted by Crippen LogP contribution is -2.42. The minimum absolute atomic E-state index is 0. The number of ether oxygens (including phenoxy) is 1. The highest BCUT2D eigenvalue weighted by atomic mass is 127. The summed E-state index contributed by atoms with van der Waals surface area (Å²) in [6.45, 7) is 8.39. The van der Waals surface area contributed by atoms with E-state index >= 15 is 0 Å². The highest BCUT2D eigenvalue weighted by molar-refractivity contribution is 14.0. The Balaban J connectivity index is 0.00000676. The summed E-state index contributed by atoms with van der Waals surface area (Å²) < 4.78 is 32.5. The van der Waals surface area contributed by atoms with E-state index < -0.39 is 10.0 Å².